The van der Waals surface area contributed by atoms with Crippen molar-refractivity contribution in [3.63, 3.8) is 0 Å². The average molecular weight is 296 g/mol. The lowest BCUT2D eigenvalue weighted by Gasteiger charge is -2.40. The number of rotatable bonds is 3. The van der Waals surface area contributed by atoms with Crippen molar-refractivity contribution in [2.75, 3.05) is 18.0 Å². The second-order valence-corrected chi connectivity index (χ2v) is 7.23. The number of carboxylic acid groups (broad SMARTS) is 1. The van der Waals surface area contributed by atoms with Crippen molar-refractivity contribution >= 4 is 22.7 Å². The number of piperidine rings is 1. The number of anilines is 1. The van der Waals surface area contributed by atoms with Crippen molar-refractivity contribution in [2.45, 2.75) is 43.4 Å². The van der Waals surface area contributed by atoms with E-state index in [0.717, 1.165) is 25.9 Å². The van der Waals surface area contributed by atoms with Crippen LogP contribution in [0.5, 0.6) is 0 Å². The number of aromatic nitrogens is 1. The van der Waals surface area contributed by atoms with E-state index >= 15 is 0 Å². The Labute approximate surface area is 129 Å². The number of carboxylic acids is 1. The number of hydrogen-bond acceptors (Lipinski definition) is 2. The Morgan fingerprint density at radius 2 is 2.09 bits per heavy atom. The number of fused-ring (bicyclic) bond motifs is 3. The van der Waals surface area contributed by atoms with Crippen molar-refractivity contribution in [1.29, 1.82) is 0 Å². The zero-order chi connectivity index (χ0) is 14.9. The maximum atomic E-state index is 11.3. The van der Waals surface area contributed by atoms with Gasteiger partial charge in [0.2, 0.25) is 0 Å². The van der Waals surface area contributed by atoms with E-state index in [9.17, 15) is 9.90 Å². The number of aliphatic carboxylic acids is 1. The molecule has 0 amide bonds. The number of aromatic amines is 1. The van der Waals surface area contributed by atoms with Crippen LogP contribution in [0.3, 0.4) is 0 Å². The molecular formula is C18H20N2O2. The summed E-state index contributed by atoms with van der Waals surface area (Å²) in [5.74, 6) is 1.30. The number of nitrogens with zero attached hydrogens (tertiary/aromatic N) is 1. The Balaban J connectivity index is 1.72. The van der Waals surface area contributed by atoms with Gasteiger partial charge in [0.05, 0.1) is 11.9 Å². The third-order valence-corrected chi connectivity index (χ3v) is 5.99. The molecule has 0 unspecified atom stereocenters. The maximum absolute atomic E-state index is 11.3. The topological polar surface area (TPSA) is 56.3 Å². The molecule has 3 aliphatic heterocycles. The van der Waals surface area contributed by atoms with E-state index in [4.69, 9.17) is 0 Å². The standard InChI is InChI=1S/C18H20N2O2/c21-14(22)10-18(6-7-18)13-3-1-2-12-15-11-4-8-20(9-5-11)17(15)19-16(12)13/h1-3,11,19H,4-10H2,(H,21,22). The molecule has 6 rings (SSSR count). The number of para-hydroxylation sites is 1. The van der Waals surface area contributed by atoms with Gasteiger partial charge in [0, 0.05) is 29.5 Å². The molecule has 0 radical (unpaired) electrons. The molecule has 4 heterocycles. The fourth-order valence-electron chi connectivity index (χ4n) is 4.70. The second kappa shape index (κ2) is 4.06. The Hall–Kier alpha value is -1.97. The molecule has 0 atom stereocenters. The van der Waals surface area contributed by atoms with Crippen molar-refractivity contribution < 1.29 is 9.90 Å². The highest BCUT2D eigenvalue weighted by Crippen LogP contribution is 2.54. The van der Waals surface area contributed by atoms with Gasteiger partial charge < -0.3 is 15.0 Å². The Bertz CT molecular complexity index is 780. The quantitative estimate of drug-likeness (QED) is 0.913. The molecule has 4 heteroatoms. The highest BCUT2D eigenvalue weighted by Gasteiger charge is 2.47. The number of nitrogens with one attached hydrogen (secondary N) is 1. The molecule has 2 N–H and O–H groups in total. The summed E-state index contributed by atoms with van der Waals surface area (Å²) in [6.45, 7) is 2.31. The first-order valence-corrected chi connectivity index (χ1v) is 8.30. The fourth-order valence-corrected chi connectivity index (χ4v) is 4.70. The van der Waals surface area contributed by atoms with Crippen LogP contribution >= 0.6 is 0 Å². The van der Waals surface area contributed by atoms with Crippen LogP contribution in [0.1, 0.15) is 49.1 Å². The highest BCUT2D eigenvalue weighted by atomic mass is 16.4. The van der Waals surface area contributed by atoms with Gasteiger partial charge >= 0.3 is 5.97 Å². The summed E-state index contributed by atoms with van der Waals surface area (Å²) in [5, 5.41) is 10.6. The van der Waals surface area contributed by atoms with E-state index < -0.39 is 5.97 Å². The van der Waals surface area contributed by atoms with Crippen LogP contribution in [0.25, 0.3) is 10.9 Å². The van der Waals surface area contributed by atoms with Gasteiger partial charge in [-0.15, -0.1) is 0 Å². The van der Waals surface area contributed by atoms with Gasteiger partial charge in [-0.2, -0.15) is 0 Å². The molecular weight excluding hydrogens is 276 g/mol. The highest BCUT2D eigenvalue weighted by molar-refractivity contribution is 5.94. The molecule has 1 aromatic carbocycles. The second-order valence-electron chi connectivity index (χ2n) is 7.23. The van der Waals surface area contributed by atoms with Crippen LogP contribution in [-0.2, 0) is 10.2 Å². The molecule has 22 heavy (non-hydrogen) atoms. The van der Waals surface area contributed by atoms with E-state index in [1.54, 1.807) is 0 Å². The molecule has 2 bridgehead atoms. The first-order valence-electron chi connectivity index (χ1n) is 8.30. The van der Waals surface area contributed by atoms with Crippen LogP contribution < -0.4 is 4.90 Å². The minimum absolute atomic E-state index is 0.132. The number of hydrogen-bond donors (Lipinski definition) is 2. The molecule has 2 fully saturated rings. The Morgan fingerprint density at radius 3 is 2.77 bits per heavy atom. The SMILES string of the molecule is O=C(O)CC1(c2cccc3c4c([nH]c23)N2CCC4CC2)CC1. The predicted molar refractivity (Wildman–Crippen MR) is 85.7 cm³/mol. The van der Waals surface area contributed by atoms with Crippen molar-refractivity contribution in [2.24, 2.45) is 0 Å². The predicted octanol–water partition coefficient (Wildman–Crippen LogP) is 3.37. The van der Waals surface area contributed by atoms with Crippen LogP contribution in [-0.4, -0.2) is 29.1 Å². The minimum Gasteiger partial charge on any atom is -0.481 e. The lowest BCUT2D eigenvalue weighted by molar-refractivity contribution is -0.137. The van der Waals surface area contributed by atoms with E-state index in [1.165, 1.54) is 40.7 Å². The zero-order valence-electron chi connectivity index (χ0n) is 12.6. The van der Waals surface area contributed by atoms with Gasteiger partial charge in [-0.3, -0.25) is 4.79 Å². The van der Waals surface area contributed by atoms with Crippen LogP contribution in [0.15, 0.2) is 18.2 Å². The molecule has 2 aromatic rings. The summed E-state index contributed by atoms with van der Waals surface area (Å²) < 4.78 is 0. The average Bonchev–Trinajstić information content (AvgIpc) is 3.17. The summed E-state index contributed by atoms with van der Waals surface area (Å²) in [4.78, 5) is 17.4. The summed E-state index contributed by atoms with van der Waals surface area (Å²) in [6, 6.07) is 6.47. The van der Waals surface area contributed by atoms with Crippen LogP contribution in [0.4, 0.5) is 5.82 Å². The van der Waals surface area contributed by atoms with Gasteiger partial charge in [-0.05, 0) is 37.2 Å². The maximum Gasteiger partial charge on any atom is 0.304 e. The van der Waals surface area contributed by atoms with Gasteiger partial charge in [-0.25, -0.2) is 0 Å². The first kappa shape index (κ1) is 12.6. The summed E-state index contributed by atoms with van der Waals surface area (Å²) in [6.07, 6.45) is 4.75. The molecule has 114 valence electrons. The molecule has 1 saturated carbocycles. The van der Waals surface area contributed by atoms with Gasteiger partial charge in [-0.1, -0.05) is 18.2 Å². The lowest BCUT2D eigenvalue weighted by Crippen LogP contribution is -2.38. The summed E-state index contributed by atoms with van der Waals surface area (Å²) >= 11 is 0. The minimum atomic E-state index is -0.686. The molecule has 1 aromatic heterocycles. The number of carbonyl (C=O) groups is 1. The third-order valence-electron chi connectivity index (χ3n) is 5.99. The summed E-state index contributed by atoms with van der Waals surface area (Å²) in [5.41, 5.74) is 3.78. The van der Waals surface area contributed by atoms with Crippen molar-refractivity contribution in [3.05, 3.63) is 29.3 Å². The largest absolute Gasteiger partial charge is 0.481 e. The van der Waals surface area contributed by atoms with Gasteiger partial charge in [0.25, 0.3) is 0 Å². The van der Waals surface area contributed by atoms with Crippen molar-refractivity contribution in [3.8, 4) is 0 Å². The monoisotopic (exact) mass is 296 g/mol. The van der Waals surface area contributed by atoms with Crippen molar-refractivity contribution in [1.82, 2.24) is 4.98 Å². The fraction of sp³-hybridized carbons (Fsp3) is 0.500. The Kier molecular flexibility index (Phi) is 2.32. The normalized spacial score (nSPS) is 22.1. The van der Waals surface area contributed by atoms with E-state index in [0.29, 0.717) is 5.92 Å². The number of benzene rings is 1. The molecule has 4 nitrogen and oxygen atoms in total. The third kappa shape index (κ3) is 1.55. The van der Waals surface area contributed by atoms with Crippen LogP contribution in [0.2, 0.25) is 0 Å². The molecule has 0 spiro atoms. The molecule has 1 aliphatic carbocycles. The summed E-state index contributed by atoms with van der Waals surface area (Å²) in [7, 11) is 0. The number of H-pyrrole nitrogens is 1. The zero-order valence-corrected chi connectivity index (χ0v) is 12.6. The van der Waals surface area contributed by atoms with E-state index in [-0.39, 0.29) is 11.8 Å². The van der Waals surface area contributed by atoms with Crippen LogP contribution in [0, 0.1) is 0 Å². The van der Waals surface area contributed by atoms with E-state index in [1.807, 2.05) is 0 Å². The van der Waals surface area contributed by atoms with Gasteiger partial charge in [0.15, 0.2) is 0 Å². The molecule has 4 aliphatic rings. The Morgan fingerprint density at radius 1 is 1.32 bits per heavy atom. The lowest BCUT2D eigenvalue weighted by atomic mass is 9.83. The molecule has 1 saturated heterocycles. The van der Waals surface area contributed by atoms with E-state index in [2.05, 4.69) is 28.1 Å². The first-order chi connectivity index (χ1) is 10.7. The van der Waals surface area contributed by atoms with Gasteiger partial charge in [0.1, 0.15) is 5.82 Å². The smallest absolute Gasteiger partial charge is 0.304 e.